The summed E-state index contributed by atoms with van der Waals surface area (Å²) in [4.78, 5) is 16.2. The van der Waals surface area contributed by atoms with Gasteiger partial charge < -0.3 is 4.74 Å². The van der Waals surface area contributed by atoms with Crippen LogP contribution in [0.2, 0.25) is 0 Å². The Morgan fingerprint density at radius 1 is 1.04 bits per heavy atom. The van der Waals surface area contributed by atoms with Crippen molar-refractivity contribution in [3.05, 3.63) is 84.4 Å². The molecule has 136 valence electrons. The van der Waals surface area contributed by atoms with Gasteiger partial charge in [-0.1, -0.05) is 60.7 Å². The minimum atomic E-state index is -0.368. The van der Waals surface area contributed by atoms with Crippen LogP contribution in [0.1, 0.15) is 30.1 Å². The van der Waals surface area contributed by atoms with Crippen molar-refractivity contribution in [2.45, 2.75) is 31.9 Å². The van der Waals surface area contributed by atoms with Gasteiger partial charge in [-0.25, -0.2) is 9.67 Å². The Morgan fingerprint density at radius 3 is 2.38 bits per heavy atom. The van der Waals surface area contributed by atoms with E-state index in [0.717, 1.165) is 18.4 Å². The SMILES string of the molecule is Cl.O=C(CCCc1ccccc1)OC(Cn1cncn1)c1ccccc1. The zero-order valence-corrected chi connectivity index (χ0v) is 15.2. The van der Waals surface area contributed by atoms with Crippen molar-refractivity contribution in [3.63, 3.8) is 0 Å². The van der Waals surface area contributed by atoms with Crippen LogP contribution in [0.4, 0.5) is 0 Å². The Bertz CT molecular complexity index is 764. The molecule has 3 rings (SSSR count). The first-order valence-electron chi connectivity index (χ1n) is 8.42. The number of ether oxygens (including phenoxy) is 1. The van der Waals surface area contributed by atoms with Crippen molar-refractivity contribution in [1.82, 2.24) is 14.8 Å². The summed E-state index contributed by atoms with van der Waals surface area (Å²) in [5.41, 5.74) is 2.19. The zero-order chi connectivity index (χ0) is 17.3. The van der Waals surface area contributed by atoms with E-state index >= 15 is 0 Å². The molecule has 0 aliphatic heterocycles. The predicted molar refractivity (Wildman–Crippen MR) is 102 cm³/mol. The molecule has 1 aromatic heterocycles. The first-order valence-corrected chi connectivity index (χ1v) is 8.42. The van der Waals surface area contributed by atoms with E-state index in [2.05, 4.69) is 22.2 Å². The van der Waals surface area contributed by atoms with Crippen molar-refractivity contribution in [1.29, 1.82) is 0 Å². The van der Waals surface area contributed by atoms with Crippen LogP contribution < -0.4 is 0 Å². The van der Waals surface area contributed by atoms with Crippen molar-refractivity contribution < 1.29 is 9.53 Å². The topological polar surface area (TPSA) is 57.0 Å². The maximum absolute atomic E-state index is 12.3. The largest absolute Gasteiger partial charge is 0.455 e. The Morgan fingerprint density at radius 2 is 1.73 bits per heavy atom. The van der Waals surface area contributed by atoms with E-state index in [-0.39, 0.29) is 24.5 Å². The van der Waals surface area contributed by atoms with Crippen LogP contribution in [0.3, 0.4) is 0 Å². The van der Waals surface area contributed by atoms with Crippen LogP contribution >= 0.6 is 12.4 Å². The summed E-state index contributed by atoms with van der Waals surface area (Å²) >= 11 is 0. The van der Waals surface area contributed by atoms with Crippen LogP contribution in [0.5, 0.6) is 0 Å². The number of aromatic nitrogens is 3. The van der Waals surface area contributed by atoms with E-state index in [1.54, 1.807) is 11.0 Å². The number of benzene rings is 2. The lowest BCUT2D eigenvalue weighted by Crippen LogP contribution is -2.17. The number of halogens is 1. The summed E-state index contributed by atoms with van der Waals surface area (Å²) in [5.74, 6) is -0.190. The number of rotatable bonds is 8. The molecule has 5 nitrogen and oxygen atoms in total. The van der Waals surface area contributed by atoms with Gasteiger partial charge in [0, 0.05) is 6.42 Å². The molecule has 1 atom stereocenters. The molecule has 0 radical (unpaired) electrons. The second kappa shape index (κ2) is 10.4. The van der Waals surface area contributed by atoms with Crippen molar-refractivity contribution >= 4 is 18.4 Å². The monoisotopic (exact) mass is 371 g/mol. The second-order valence-electron chi connectivity index (χ2n) is 5.85. The lowest BCUT2D eigenvalue weighted by molar-refractivity contribution is -0.150. The van der Waals surface area contributed by atoms with Gasteiger partial charge in [-0.3, -0.25) is 4.79 Å². The van der Waals surface area contributed by atoms with Crippen LogP contribution in [0, 0.1) is 0 Å². The molecule has 6 heteroatoms. The summed E-state index contributed by atoms with van der Waals surface area (Å²) in [6.07, 6.45) is 4.77. The summed E-state index contributed by atoms with van der Waals surface area (Å²) in [7, 11) is 0. The normalized spacial score (nSPS) is 11.4. The third-order valence-electron chi connectivity index (χ3n) is 3.95. The molecule has 0 fully saturated rings. The first-order chi connectivity index (χ1) is 12.3. The molecule has 0 aliphatic carbocycles. The Labute approximate surface area is 159 Å². The van der Waals surface area contributed by atoms with Crippen molar-refractivity contribution in [2.75, 3.05) is 0 Å². The number of carbonyl (C=O) groups excluding carboxylic acids is 1. The summed E-state index contributed by atoms with van der Waals surface area (Å²) in [6.45, 7) is 0.453. The average Bonchev–Trinajstić information content (AvgIpc) is 3.16. The maximum Gasteiger partial charge on any atom is 0.306 e. The van der Waals surface area contributed by atoms with Gasteiger partial charge in [-0.05, 0) is 24.0 Å². The van der Waals surface area contributed by atoms with E-state index in [1.165, 1.54) is 11.9 Å². The zero-order valence-electron chi connectivity index (χ0n) is 14.4. The highest BCUT2D eigenvalue weighted by atomic mass is 35.5. The molecule has 2 aromatic carbocycles. The number of carbonyl (C=O) groups is 1. The van der Waals surface area contributed by atoms with E-state index in [9.17, 15) is 4.79 Å². The molecule has 0 saturated heterocycles. The molecule has 26 heavy (non-hydrogen) atoms. The van der Waals surface area contributed by atoms with Crippen LogP contribution in [0.15, 0.2) is 73.3 Å². The lowest BCUT2D eigenvalue weighted by Gasteiger charge is -2.18. The van der Waals surface area contributed by atoms with Crippen LogP contribution in [0.25, 0.3) is 0 Å². The van der Waals surface area contributed by atoms with Gasteiger partial charge in [0.05, 0.1) is 6.54 Å². The summed E-state index contributed by atoms with van der Waals surface area (Å²) in [6, 6.07) is 19.9. The highest BCUT2D eigenvalue weighted by Crippen LogP contribution is 2.20. The number of hydrogen-bond donors (Lipinski definition) is 0. The molecule has 1 heterocycles. The van der Waals surface area contributed by atoms with E-state index < -0.39 is 0 Å². The Hall–Kier alpha value is -2.66. The van der Waals surface area contributed by atoms with Crippen molar-refractivity contribution in [3.8, 4) is 0 Å². The number of hydrogen-bond acceptors (Lipinski definition) is 4. The quantitative estimate of drug-likeness (QED) is 0.561. The molecule has 0 bridgehead atoms. The van der Waals surface area contributed by atoms with Gasteiger partial charge in [0.15, 0.2) is 0 Å². The third kappa shape index (κ3) is 6.01. The molecule has 0 amide bonds. The molecule has 0 saturated carbocycles. The smallest absolute Gasteiger partial charge is 0.306 e. The number of nitrogens with zero attached hydrogens (tertiary/aromatic N) is 3. The number of esters is 1. The molecular formula is C20H22ClN3O2. The summed E-state index contributed by atoms with van der Waals surface area (Å²) in [5, 5.41) is 4.10. The number of aryl methyl sites for hydroxylation is 1. The summed E-state index contributed by atoms with van der Waals surface area (Å²) < 4.78 is 7.40. The minimum Gasteiger partial charge on any atom is -0.455 e. The van der Waals surface area contributed by atoms with E-state index in [1.807, 2.05) is 48.5 Å². The molecule has 0 spiro atoms. The van der Waals surface area contributed by atoms with Gasteiger partial charge in [-0.15, -0.1) is 12.4 Å². The first kappa shape index (κ1) is 19.7. The van der Waals surface area contributed by atoms with Crippen LogP contribution in [-0.4, -0.2) is 20.7 Å². The minimum absolute atomic E-state index is 0. The van der Waals surface area contributed by atoms with Gasteiger partial charge in [0.1, 0.15) is 18.8 Å². The van der Waals surface area contributed by atoms with Gasteiger partial charge in [-0.2, -0.15) is 5.10 Å². The molecular weight excluding hydrogens is 350 g/mol. The van der Waals surface area contributed by atoms with Gasteiger partial charge in [0.25, 0.3) is 0 Å². The molecule has 0 aliphatic rings. The maximum atomic E-state index is 12.3. The highest BCUT2D eigenvalue weighted by molar-refractivity contribution is 5.85. The van der Waals surface area contributed by atoms with Gasteiger partial charge in [0.2, 0.25) is 0 Å². The Balaban J connectivity index is 0.00000243. The fraction of sp³-hybridized carbons (Fsp3) is 0.250. The second-order valence-corrected chi connectivity index (χ2v) is 5.85. The van der Waals surface area contributed by atoms with Gasteiger partial charge >= 0.3 is 5.97 Å². The Kier molecular flexibility index (Phi) is 7.83. The molecule has 1 unspecified atom stereocenters. The third-order valence-corrected chi connectivity index (χ3v) is 3.95. The predicted octanol–water partition coefficient (Wildman–Crippen LogP) is 4.01. The standard InChI is InChI=1S/C20H21N3O2.ClH/c24-20(13-7-10-17-8-3-1-4-9-17)25-19(14-23-16-21-15-22-23)18-11-5-2-6-12-18;/h1-6,8-9,11-12,15-16,19H,7,10,13-14H2;1H. The highest BCUT2D eigenvalue weighted by Gasteiger charge is 2.17. The fourth-order valence-corrected chi connectivity index (χ4v) is 2.67. The van der Waals surface area contributed by atoms with E-state index in [0.29, 0.717) is 13.0 Å². The van der Waals surface area contributed by atoms with E-state index in [4.69, 9.17) is 4.74 Å². The average molecular weight is 372 g/mol. The van der Waals surface area contributed by atoms with Crippen LogP contribution in [-0.2, 0) is 22.5 Å². The molecule has 3 aromatic rings. The fourth-order valence-electron chi connectivity index (χ4n) is 2.67. The van der Waals surface area contributed by atoms with Crippen molar-refractivity contribution in [2.24, 2.45) is 0 Å². The lowest BCUT2D eigenvalue weighted by atomic mass is 10.1. The molecule has 0 N–H and O–H groups in total.